The summed E-state index contributed by atoms with van der Waals surface area (Å²) >= 11 is 1.21. The van der Waals surface area contributed by atoms with Crippen molar-refractivity contribution >= 4 is 32.9 Å². The first kappa shape index (κ1) is 24.6. The number of carbonyl (C=O) groups excluding carboxylic acids is 1. The maximum Gasteiger partial charge on any atom is 0.256 e. The van der Waals surface area contributed by atoms with Gasteiger partial charge in [0.2, 0.25) is 0 Å². The SMILES string of the molecule is CCCOc1ccc(-c2sc3c(OC)c(Cc4cccc5ccccc45)cc(=O)n3c2C(=O)[O-])cc1C. The van der Waals surface area contributed by atoms with Crippen LogP contribution in [0, 0.1) is 6.92 Å². The highest BCUT2D eigenvalue weighted by Crippen LogP contribution is 2.39. The first-order valence-corrected chi connectivity index (χ1v) is 12.9. The Hall–Kier alpha value is -4.10. The number of aromatic nitrogens is 1. The molecule has 0 saturated heterocycles. The molecule has 3 aromatic carbocycles. The Morgan fingerprint density at radius 1 is 1.03 bits per heavy atom. The number of hydrogen-bond acceptors (Lipinski definition) is 6. The lowest BCUT2D eigenvalue weighted by molar-refractivity contribution is -0.255. The van der Waals surface area contributed by atoms with Gasteiger partial charge in [0.15, 0.2) is 5.75 Å². The van der Waals surface area contributed by atoms with Gasteiger partial charge in [0.1, 0.15) is 10.6 Å². The zero-order chi connectivity index (χ0) is 26.1. The number of nitrogens with zero attached hydrogens (tertiary/aromatic N) is 1. The largest absolute Gasteiger partial charge is 0.543 e. The van der Waals surface area contributed by atoms with Gasteiger partial charge in [-0.1, -0.05) is 49.4 Å². The average Bonchev–Trinajstić information content (AvgIpc) is 3.30. The predicted octanol–water partition coefficient (Wildman–Crippen LogP) is 5.24. The highest BCUT2D eigenvalue weighted by atomic mass is 32.1. The highest BCUT2D eigenvalue weighted by Gasteiger charge is 2.22. The molecule has 0 fully saturated rings. The number of pyridine rings is 1. The zero-order valence-corrected chi connectivity index (χ0v) is 21.7. The van der Waals surface area contributed by atoms with E-state index in [9.17, 15) is 14.7 Å². The Kier molecular flexibility index (Phi) is 6.72. The number of rotatable bonds is 8. The summed E-state index contributed by atoms with van der Waals surface area (Å²) in [6, 6.07) is 21.1. The fourth-order valence-electron chi connectivity index (χ4n) is 4.71. The number of carbonyl (C=O) groups is 1. The van der Waals surface area contributed by atoms with E-state index in [1.807, 2.05) is 68.4 Å². The molecule has 7 heteroatoms. The molecule has 2 aromatic heterocycles. The molecule has 188 valence electrons. The smallest absolute Gasteiger partial charge is 0.256 e. The van der Waals surface area contributed by atoms with Crippen LogP contribution >= 0.6 is 11.3 Å². The molecule has 0 aliphatic rings. The quantitative estimate of drug-likeness (QED) is 0.284. The van der Waals surface area contributed by atoms with Gasteiger partial charge in [-0.25, -0.2) is 0 Å². The second kappa shape index (κ2) is 10.1. The lowest BCUT2D eigenvalue weighted by Crippen LogP contribution is -2.28. The lowest BCUT2D eigenvalue weighted by atomic mass is 9.98. The normalized spacial score (nSPS) is 11.2. The number of ether oxygens (including phenoxy) is 2. The molecule has 0 atom stereocenters. The number of thiazole rings is 1. The molecule has 6 nitrogen and oxygen atoms in total. The summed E-state index contributed by atoms with van der Waals surface area (Å²) in [7, 11) is 1.54. The highest BCUT2D eigenvalue weighted by molar-refractivity contribution is 7.21. The van der Waals surface area contributed by atoms with E-state index < -0.39 is 11.5 Å². The minimum absolute atomic E-state index is 0.179. The fraction of sp³-hybridized carbons (Fsp3) is 0.200. The standard InChI is InChI=1S/C30H27NO5S/c1-4-14-36-24-13-12-21(15-18(24)2)28-26(30(33)34)31-25(32)17-22(27(35-3)29(31)37-28)16-20-10-7-9-19-8-5-6-11-23(19)20/h5-13,15,17H,4,14,16H2,1-3H3,(H,33,34)/p-1. The molecule has 0 N–H and O–H groups in total. The van der Waals surface area contributed by atoms with E-state index >= 15 is 0 Å². The summed E-state index contributed by atoms with van der Waals surface area (Å²) in [5.74, 6) is -0.198. The molecule has 0 saturated carbocycles. The van der Waals surface area contributed by atoms with Crippen molar-refractivity contribution < 1.29 is 19.4 Å². The minimum Gasteiger partial charge on any atom is -0.543 e. The Labute approximate surface area is 218 Å². The van der Waals surface area contributed by atoms with Crippen molar-refractivity contribution in [2.45, 2.75) is 26.7 Å². The number of aromatic carboxylic acids is 1. The Balaban J connectivity index is 1.68. The number of fused-ring (bicyclic) bond motifs is 2. The van der Waals surface area contributed by atoms with Crippen molar-refractivity contribution in [2.75, 3.05) is 13.7 Å². The number of aryl methyl sites for hydroxylation is 1. The van der Waals surface area contributed by atoms with Gasteiger partial charge in [-0.2, -0.15) is 0 Å². The van der Waals surface area contributed by atoms with E-state index in [1.165, 1.54) is 28.9 Å². The van der Waals surface area contributed by atoms with E-state index in [1.54, 1.807) is 0 Å². The summed E-state index contributed by atoms with van der Waals surface area (Å²) in [6.07, 6.45) is 1.35. The van der Waals surface area contributed by atoms with Gasteiger partial charge >= 0.3 is 0 Å². The van der Waals surface area contributed by atoms with Crippen LogP contribution in [0.25, 0.3) is 26.0 Å². The summed E-state index contributed by atoms with van der Waals surface area (Å²) in [5, 5.41) is 14.5. The van der Waals surface area contributed by atoms with E-state index in [4.69, 9.17) is 9.47 Å². The van der Waals surface area contributed by atoms with E-state index in [0.29, 0.717) is 39.6 Å². The van der Waals surface area contributed by atoms with Gasteiger partial charge in [-0.15, -0.1) is 11.3 Å². The van der Waals surface area contributed by atoms with Crippen LogP contribution < -0.4 is 20.1 Å². The molecule has 5 rings (SSSR count). The molecule has 0 bridgehead atoms. The molecule has 2 heterocycles. The maximum absolute atomic E-state index is 13.3. The third-order valence-corrected chi connectivity index (χ3v) is 7.60. The Morgan fingerprint density at radius 2 is 1.81 bits per heavy atom. The van der Waals surface area contributed by atoms with Crippen LogP contribution in [-0.2, 0) is 6.42 Å². The fourth-order valence-corrected chi connectivity index (χ4v) is 6.00. The number of methoxy groups -OCH3 is 1. The maximum atomic E-state index is 13.3. The monoisotopic (exact) mass is 512 g/mol. The molecule has 0 aliphatic heterocycles. The lowest BCUT2D eigenvalue weighted by Gasteiger charge is -2.13. The van der Waals surface area contributed by atoms with Gasteiger partial charge in [0.25, 0.3) is 5.56 Å². The van der Waals surface area contributed by atoms with Crippen LogP contribution in [0.15, 0.2) is 71.5 Å². The number of hydrogen-bond donors (Lipinski definition) is 0. The van der Waals surface area contributed by atoms with E-state index in [2.05, 4.69) is 6.07 Å². The van der Waals surface area contributed by atoms with Crippen molar-refractivity contribution in [1.82, 2.24) is 4.40 Å². The third-order valence-electron chi connectivity index (χ3n) is 6.40. The molecule has 37 heavy (non-hydrogen) atoms. The van der Waals surface area contributed by atoms with Crippen LogP contribution in [-0.4, -0.2) is 24.1 Å². The Bertz CT molecular complexity index is 1690. The summed E-state index contributed by atoms with van der Waals surface area (Å²) in [4.78, 5) is 26.5. The average molecular weight is 513 g/mol. The van der Waals surface area contributed by atoms with Crippen LogP contribution in [0.4, 0.5) is 0 Å². The van der Waals surface area contributed by atoms with Crippen molar-refractivity contribution in [2.24, 2.45) is 0 Å². The summed E-state index contributed by atoms with van der Waals surface area (Å²) in [5.41, 5.74) is 2.68. The molecule has 0 radical (unpaired) electrons. The number of carboxylic acid groups (broad SMARTS) is 1. The van der Waals surface area contributed by atoms with Crippen LogP contribution in [0.2, 0.25) is 0 Å². The zero-order valence-electron chi connectivity index (χ0n) is 20.9. The third kappa shape index (κ3) is 4.47. The van der Waals surface area contributed by atoms with Crippen LogP contribution in [0.3, 0.4) is 0 Å². The van der Waals surface area contributed by atoms with Crippen LogP contribution in [0.5, 0.6) is 11.5 Å². The molecular weight excluding hydrogens is 486 g/mol. The minimum atomic E-state index is -1.42. The molecule has 0 spiro atoms. The van der Waals surface area contributed by atoms with Gasteiger partial charge in [-0.3, -0.25) is 9.20 Å². The first-order chi connectivity index (χ1) is 17.9. The Morgan fingerprint density at radius 3 is 2.54 bits per heavy atom. The van der Waals surface area contributed by atoms with Crippen molar-refractivity contribution in [3.8, 4) is 21.9 Å². The van der Waals surface area contributed by atoms with Gasteiger partial charge < -0.3 is 19.4 Å². The molecular formula is C30H26NO5S-. The van der Waals surface area contributed by atoms with E-state index in [-0.39, 0.29) is 5.69 Å². The number of carboxylic acids is 1. The van der Waals surface area contributed by atoms with Gasteiger partial charge in [0, 0.05) is 18.1 Å². The van der Waals surface area contributed by atoms with Crippen molar-refractivity contribution in [3.63, 3.8) is 0 Å². The topological polar surface area (TPSA) is 80.1 Å². The van der Waals surface area contributed by atoms with Gasteiger partial charge in [-0.05, 0) is 59.0 Å². The van der Waals surface area contributed by atoms with E-state index in [0.717, 1.165) is 34.1 Å². The second-order valence-electron chi connectivity index (χ2n) is 8.89. The summed E-state index contributed by atoms with van der Waals surface area (Å²) in [6.45, 7) is 4.54. The molecule has 0 amide bonds. The molecule has 5 aromatic rings. The summed E-state index contributed by atoms with van der Waals surface area (Å²) < 4.78 is 12.7. The van der Waals surface area contributed by atoms with Crippen molar-refractivity contribution in [3.05, 3.63) is 99.5 Å². The number of benzene rings is 3. The first-order valence-electron chi connectivity index (χ1n) is 12.1. The predicted molar refractivity (Wildman–Crippen MR) is 145 cm³/mol. The van der Waals surface area contributed by atoms with Crippen LogP contribution in [0.1, 0.15) is 40.5 Å². The molecule has 0 unspecified atom stereocenters. The second-order valence-corrected chi connectivity index (χ2v) is 9.89. The van der Waals surface area contributed by atoms with Crippen molar-refractivity contribution in [1.29, 1.82) is 0 Å². The molecule has 0 aliphatic carbocycles. The van der Waals surface area contributed by atoms with Gasteiger partial charge in [0.05, 0.1) is 30.3 Å².